The topological polar surface area (TPSA) is 105 Å². The lowest BCUT2D eigenvalue weighted by Gasteiger charge is -2.18. The molecule has 3 N–H and O–H groups in total. The fraction of sp³-hybridized carbons (Fsp3) is 0.393. The summed E-state index contributed by atoms with van der Waals surface area (Å²) in [5, 5.41) is 14.8. The van der Waals surface area contributed by atoms with Crippen LogP contribution in [0.3, 0.4) is 0 Å². The molecule has 2 aliphatic rings. The maximum Gasteiger partial charge on any atom is 0.407 e. The number of hydrogen-bond acceptors (Lipinski definition) is 4. The van der Waals surface area contributed by atoms with Crippen LogP contribution in [-0.4, -0.2) is 41.8 Å². The molecule has 2 aliphatic carbocycles. The fourth-order valence-electron chi connectivity index (χ4n) is 4.98. The summed E-state index contributed by atoms with van der Waals surface area (Å²) in [5.41, 5.74) is 5.23. The van der Waals surface area contributed by atoms with Gasteiger partial charge in [-0.1, -0.05) is 74.4 Å². The molecule has 1 unspecified atom stereocenters. The van der Waals surface area contributed by atoms with Crippen molar-refractivity contribution < 1.29 is 24.2 Å². The molecule has 2 aromatic rings. The molecule has 7 heteroatoms. The van der Waals surface area contributed by atoms with Gasteiger partial charge in [-0.2, -0.15) is 0 Å². The number of benzene rings is 2. The zero-order valence-corrected chi connectivity index (χ0v) is 20.0. The molecule has 2 aromatic carbocycles. The van der Waals surface area contributed by atoms with E-state index in [0.29, 0.717) is 24.8 Å². The van der Waals surface area contributed by atoms with Gasteiger partial charge in [-0.05, 0) is 41.5 Å². The van der Waals surface area contributed by atoms with E-state index < -0.39 is 18.1 Å². The maximum atomic E-state index is 12.6. The molecule has 0 bridgehead atoms. The zero-order valence-electron chi connectivity index (χ0n) is 20.0. The average molecular weight is 477 g/mol. The fourth-order valence-corrected chi connectivity index (χ4v) is 4.98. The summed E-state index contributed by atoms with van der Waals surface area (Å²) < 4.78 is 5.61. The molecule has 0 saturated carbocycles. The van der Waals surface area contributed by atoms with Gasteiger partial charge >= 0.3 is 12.1 Å². The van der Waals surface area contributed by atoms with Crippen molar-refractivity contribution in [2.75, 3.05) is 6.61 Å². The second-order valence-electron chi connectivity index (χ2n) is 9.25. The highest BCUT2D eigenvalue weighted by Gasteiger charge is 2.30. The summed E-state index contributed by atoms with van der Waals surface area (Å²) in [6.07, 6.45) is 4.54. The van der Waals surface area contributed by atoms with Gasteiger partial charge in [-0.15, -0.1) is 0 Å². The molecule has 0 heterocycles. The molecular weight excluding hydrogens is 444 g/mol. The van der Waals surface area contributed by atoms with Gasteiger partial charge in [0.25, 0.3) is 0 Å². The van der Waals surface area contributed by atoms with Crippen LogP contribution < -0.4 is 10.6 Å². The van der Waals surface area contributed by atoms with E-state index >= 15 is 0 Å². The minimum Gasteiger partial charge on any atom is -0.481 e. The van der Waals surface area contributed by atoms with Crippen molar-refractivity contribution in [3.63, 3.8) is 0 Å². The van der Waals surface area contributed by atoms with Crippen LogP contribution in [0, 0.1) is 0 Å². The lowest BCUT2D eigenvalue weighted by atomic mass is 9.98. The molecule has 2 amide bonds. The number of rotatable bonds is 10. The van der Waals surface area contributed by atoms with Crippen molar-refractivity contribution in [3.05, 3.63) is 71.3 Å². The minimum absolute atomic E-state index is 0.00881. The van der Waals surface area contributed by atoms with Gasteiger partial charge in [0, 0.05) is 23.6 Å². The average Bonchev–Trinajstić information content (AvgIpc) is 3.43. The van der Waals surface area contributed by atoms with Crippen LogP contribution in [0.15, 0.2) is 60.2 Å². The molecule has 7 nitrogen and oxygen atoms in total. The SMILES string of the molecule is CCCC[C@H](CC(=O)O)NC(=O)C1=CCC(NC(=O)OCC2c3ccccc3-c3ccccc32)C1. The summed E-state index contributed by atoms with van der Waals surface area (Å²) in [4.78, 5) is 36.3. The summed E-state index contributed by atoms with van der Waals surface area (Å²) in [6.45, 7) is 2.26. The van der Waals surface area contributed by atoms with Crippen molar-refractivity contribution in [1.29, 1.82) is 0 Å². The van der Waals surface area contributed by atoms with Crippen LogP contribution in [0.5, 0.6) is 0 Å². The first-order valence-corrected chi connectivity index (χ1v) is 12.3. The molecule has 0 aliphatic heterocycles. The number of ether oxygens (including phenoxy) is 1. The summed E-state index contributed by atoms with van der Waals surface area (Å²) in [5.74, 6) is -1.20. The van der Waals surface area contributed by atoms with Gasteiger partial charge < -0.3 is 20.5 Å². The largest absolute Gasteiger partial charge is 0.481 e. The molecular formula is C28H32N2O5. The predicted octanol–water partition coefficient (Wildman–Crippen LogP) is 4.76. The highest BCUT2D eigenvalue weighted by Crippen LogP contribution is 2.44. The molecule has 184 valence electrons. The minimum atomic E-state index is -0.929. The van der Waals surface area contributed by atoms with Crippen molar-refractivity contribution in [1.82, 2.24) is 10.6 Å². The Labute approximate surface area is 205 Å². The van der Waals surface area contributed by atoms with Crippen LogP contribution >= 0.6 is 0 Å². The molecule has 0 saturated heterocycles. The Morgan fingerprint density at radius 2 is 1.71 bits per heavy atom. The normalized spacial score (nSPS) is 17.2. The highest BCUT2D eigenvalue weighted by atomic mass is 16.5. The number of alkyl carbamates (subject to hydrolysis) is 1. The van der Waals surface area contributed by atoms with Gasteiger partial charge in [-0.25, -0.2) is 4.79 Å². The number of carboxylic acids is 1. The molecule has 0 spiro atoms. The molecule has 0 fully saturated rings. The first kappa shape index (κ1) is 24.5. The maximum absolute atomic E-state index is 12.6. The van der Waals surface area contributed by atoms with E-state index in [1.165, 1.54) is 11.1 Å². The lowest BCUT2D eigenvalue weighted by Crippen LogP contribution is -2.38. The summed E-state index contributed by atoms with van der Waals surface area (Å²) in [7, 11) is 0. The smallest absolute Gasteiger partial charge is 0.407 e. The Morgan fingerprint density at radius 3 is 2.34 bits per heavy atom. The Kier molecular flexibility index (Phi) is 7.85. The van der Waals surface area contributed by atoms with Crippen LogP contribution in [0.25, 0.3) is 11.1 Å². The second-order valence-corrected chi connectivity index (χ2v) is 9.25. The van der Waals surface area contributed by atoms with Crippen molar-refractivity contribution in [2.24, 2.45) is 0 Å². The first-order chi connectivity index (χ1) is 17.0. The Morgan fingerprint density at radius 1 is 1.06 bits per heavy atom. The Hall–Kier alpha value is -3.61. The van der Waals surface area contributed by atoms with E-state index in [4.69, 9.17) is 9.84 Å². The number of nitrogens with one attached hydrogen (secondary N) is 2. The van der Waals surface area contributed by atoms with E-state index in [9.17, 15) is 14.4 Å². The standard InChI is InChI=1S/C28H32N2O5/c1-2-3-8-19(16-26(31)32)29-27(33)18-13-14-20(15-18)30-28(34)35-17-25-23-11-6-4-9-21(23)22-10-5-7-12-24(22)25/h4-7,9-13,19-20,25H,2-3,8,14-17H2,1H3,(H,29,33)(H,30,34)(H,31,32)/t19-,20?/m1/s1. The third-order valence-corrected chi connectivity index (χ3v) is 6.73. The second kappa shape index (κ2) is 11.2. The van der Waals surface area contributed by atoms with E-state index in [-0.39, 0.29) is 30.9 Å². The quantitative estimate of drug-likeness (QED) is 0.458. The molecule has 4 rings (SSSR count). The Balaban J connectivity index is 1.27. The van der Waals surface area contributed by atoms with Gasteiger partial charge in [0.2, 0.25) is 5.91 Å². The first-order valence-electron chi connectivity index (χ1n) is 12.3. The molecule has 0 radical (unpaired) electrons. The molecule has 0 aromatic heterocycles. The van der Waals surface area contributed by atoms with E-state index in [0.717, 1.165) is 24.0 Å². The van der Waals surface area contributed by atoms with E-state index in [2.05, 4.69) is 34.9 Å². The highest BCUT2D eigenvalue weighted by molar-refractivity contribution is 5.94. The number of fused-ring (bicyclic) bond motifs is 3. The van der Waals surface area contributed by atoms with Crippen molar-refractivity contribution in [3.8, 4) is 11.1 Å². The number of carbonyl (C=O) groups excluding carboxylic acids is 2. The van der Waals surface area contributed by atoms with Crippen molar-refractivity contribution >= 4 is 18.0 Å². The van der Waals surface area contributed by atoms with Crippen LogP contribution in [0.4, 0.5) is 4.79 Å². The predicted molar refractivity (Wildman–Crippen MR) is 133 cm³/mol. The third kappa shape index (κ3) is 5.91. The van der Waals surface area contributed by atoms with Crippen molar-refractivity contribution in [2.45, 2.75) is 63.5 Å². The van der Waals surface area contributed by atoms with Crippen LogP contribution in [0.2, 0.25) is 0 Å². The third-order valence-electron chi connectivity index (χ3n) is 6.73. The van der Waals surface area contributed by atoms with Crippen LogP contribution in [-0.2, 0) is 14.3 Å². The molecule has 2 atom stereocenters. The number of hydrogen-bond donors (Lipinski definition) is 3. The zero-order chi connectivity index (χ0) is 24.8. The number of carboxylic acid groups (broad SMARTS) is 1. The van der Waals surface area contributed by atoms with E-state index in [1.807, 2.05) is 31.2 Å². The Bertz CT molecular complexity index is 1080. The summed E-state index contributed by atoms with van der Waals surface area (Å²) >= 11 is 0. The number of carbonyl (C=O) groups is 3. The van der Waals surface area contributed by atoms with Gasteiger partial charge in [0.1, 0.15) is 6.61 Å². The number of unbranched alkanes of at least 4 members (excludes halogenated alkanes) is 1. The molecule has 35 heavy (non-hydrogen) atoms. The monoisotopic (exact) mass is 476 g/mol. The lowest BCUT2D eigenvalue weighted by molar-refractivity contribution is -0.137. The van der Waals surface area contributed by atoms with Gasteiger partial charge in [-0.3, -0.25) is 9.59 Å². The number of amides is 2. The van der Waals surface area contributed by atoms with Gasteiger partial charge in [0.05, 0.1) is 6.42 Å². The van der Waals surface area contributed by atoms with Gasteiger partial charge in [0.15, 0.2) is 0 Å². The van der Waals surface area contributed by atoms with Crippen LogP contribution in [0.1, 0.15) is 62.5 Å². The number of aliphatic carboxylic acids is 1. The van der Waals surface area contributed by atoms with E-state index in [1.54, 1.807) is 6.08 Å². The summed E-state index contributed by atoms with van der Waals surface area (Å²) in [6, 6.07) is 15.7.